The average molecular weight is 263 g/mol. The van der Waals surface area contributed by atoms with Crippen molar-refractivity contribution >= 4 is 5.69 Å². The lowest BCUT2D eigenvalue weighted by Crippen LogP contribution is -2.31. The van der Waals surface area contributed by atoms with E-state index in [1.54, 1.807) is 7.11 Å². The van der Waals surface area contributed by atoms with E-state index in [2.05, 4.69) is 5.32 Å². The molecule has 1 atom stereocenters. The fourth-order valence-electron chi connectivity index (χ4n) is 3.00. The van der Waals surface area contributed by atoms with Crippen LogP contribution in [0.4, 0.5) is 5.69 Å². The van der Waals surface area contributed by atoms with E-state index in [0.717, 1.165) is 17.9 Å². The Morgan fingerprint density at radius 3 is 2.47 bits per heavy atom. The van der Waals surface area contributed by atoms with Crippen LogP contribution in [0.2, 0.25) is 0 Å². The highest BCUT2D eigenvalue weighted by Crippen LogP contribution is 2.29. The van der Waals surface area contributed by atoms with E-state index < -0.39 is 0 Å². The molecule has 1 aromatic rings. The summed E-state index contributed by atoms with van der Waals surface area (Å²) in [7, 11) is 1.68. The SMILES string of the molecule is COc1ccc(NC(CCO)C2CCCCC2)cc1. The minimum atomic E-state index is 0.254. The lowest BCUT2D eigenvalue weighted by Gasteiger charge is -2.31. The van der Waals surface area contributed by atoms with Gasteiger partial charge in [-0.15, -0.1) is 0 Å². The van der Waals surface area contributed by atoms with Crippen molar-refractivity contribution in [2.24, 2.45) is 5.92 Å². The third kappa shape index (κ3) is 4.13. The summed E-state index contributed by atoms with van der Waals surface area (Å²) in [4.78, 5) is 0. The molecule has 1 fully saturated rings. The predicted molar refractivity (Wildman–Crippen MR) is 78.7 cm³/mol. The largest absolute Gasteiger partial charge is 0.497 e. The Balaban J connectivity index is 1.97. The second kappa shape index (κ2) is 7.39. The molecule has 0 aromatic heterocycles. The van der Waals surface area contributed by atoms with Gasteiger partial charge in [0.05, 0.1) is 7.11 Å². The van der Waals surface area contributed by atoms with E-state index in [4.69, 9.17) is 4.74 Å². The fraction of sp³-hybridized carbons (Fsp3) is 0.625. The second-order valence-electron chi connectivity index (χ2n) is 5.39. The number of hydrogen-bond donors (Lipinski definition) is 2. The Morgan fingerprint density at radius 2 is 1.89 bits per heavy atom. The maximum atomic E-state index is 9.27. The molecule has 3 nitrogen and oxygen atoms in total. The molecule has 1 saturated carbocycles. The van der Waals surface area contributed by atoms with E-state index in [9.17, 15) is 5.11 Å². The van der Waals surface area contributed by atoms with Crippen LogP contribution < -0.4 is 10.1 Å². The number of rotatable bonds is 6. The van der Waals surface area contributed by atoms with Crippen LogP contribution in [-0.2, 0) is 0 Å². The third-order valence-corrected chi connectivity index (χ3v) is 4.10. The smallest absolute Gasteiger partial charge is 0.119 e. The first kappa shape index (κ1) is 14.2. The van der Waals surface area contributed by atoms with Crippen molar-refractivity contribution in [2.75, 3.05) is 19.0 Å². The fourth-order valence-corrected chi connectivity index (χ4v) is 3.00. The molecule has 1 aliphatic carbocycles. The zero-order valence-corrected chi connectivity index (χ0v) is 11.8. The molecule has 0 heterocycles. The molecule has 1 aromatic carbocycles. The van der Waals surface area contributed by atoms with Gasteiger partial charge < -0.3 is 15.2 Å². The quantitative estimate of drug-likeness (QED) is 0.826. The maximum Gasteiger partial charge on any atom is 0.119 e. The molecule has 19 heavy (non-hydrogen) atoms. The van der Waals surface area contributed by atoms with Gasteiger partial charge >= 0.3 is 0 Å². The summed E-state index contributed by atoms with van der Waals surface area (Å²) in [6, 6.07) is 8.43. The molecule has 0 amide bonds. The number of anilines is 1. The molecule has 2 rings (SSSR count). The van der Waals surface area contributed by atoms with Crippen LogP contribution in [0.25, 0.3) is 0 Å². The Hall–Kier alpha value is -1.22. The number of hydrogen-bond acceptors (Lipinski definition) is 3. The van der Waals surface area contributed by atoms with Crippen molar-refractivity contribution in [3.63, 3.8) is 0 Å². The number of nitrogens with one attached hydrogen (secondary N) is 1. The predicted octanol–water partition coefficient (Wildman–Crippen LogP) is 3.44. The van der Waals surface area contributed by atoms with E-state index in [-0.39, 0.29) is 6.61 Å². The normalized spacial score (nSPS) is 18.0. The highest BCUT2D eigenvalue weighted by atomic mass is 16.5. The molecule has 1 aliphatic rings. The van der Waals surface area contributed by atoms with Crippen molar-refractivity contribution in [3.8, 4) is 5.75 Å². The van der Waals surface area contributed by atoms with Crippen molar-refractivity contribution in [2.45, 2.75) is 44.6 Å². The summed E-state index contributed by atoms with van der Waals surface area (Å²) >= 11 is 0. The summed E-state index contributed by atoms with van der Waals surface area (Å²) in [5.41, 5.74) is 1.12. The summed E-state index contributed by atoms with van der Waals surface area (Å²) in [5.74, 6) is 1.57. The van der Waals surface area contributed by atoms with Gasteiger partial charge in [0.15, 0.2) is 0 Å². The van der Waals surface area contributed by atoms with Crippen LogP contribution in [-0.4, -0.2) is 24.9 Å². The lowest BCUT2D eigenvalue weighted by atomic mass is 9.82. The summed E-state index contributed by atoms with van der Waals surface area (Å²) < 4.78 is 5.17. The Kier molecular flexibility index (Phi) is 5.52. The molecule has 2 N–H and O–H groups in total. The highest BCUT2D eigenvalue weighted by molar-refractivity contribution is 5.47. The first-order chi connectivity index (χ1) is 9.33. The summed E-state index contributed by atoms with van der Waals surface area (Å²) in [6.07, 6.45) is 7.43. The van der Waals surface area contributed by atoms with Crippen LogP contribution >= 0.6 is 0 Å². The highest BCUT2D eigenvalue weighted by Gasteiger charge is 2.23. The Labute approximate surface area is 116 Å². The number of aliphatic hydroxyl groups is 1. The zero-order chi connectivity index (χ0) is 13.5. The Bertz CT molecular complexity index is 358. The topological polar surface area (TPSA) is 41.5 Å². The van der Waals surface area contributed by atoms with Gasteiger partial charge in [0.25, 0.3) is 0 Å². The van der Waals surface area contributed by atoms with Crippen LogP contribution in [0.15, 0.2) is 24.3 Å². The third-order valence-electron chi connectivity index (χ3n) is 4.10. The second-order valence-corrected chi connectivity index (χ2v) is 5.39. The Morgan fingerprint density at radius 1 is 1.21 bits per heavy atom. The maximum absolute atomic E-state index is 9.27. The molecule has 1 unspecified atom stereocenters. The van der Waals surface area contributed by atoms with Gasteiger partial charge in [-0.2, -0.15) is 0 Å². The molecule has 0 aliphatic heterocycles. The molecule has 106 valence electrons. The molecular formula is C16H25NO2. The van der Waals surface area contributed by atoms with Crippen LogP contribution in [0.1, 0.15) is 38.5 Å². The van der Waals surface area contributed by atoms with Crippen molar-refractivity contribution < 1.29 is 9.84 Å². The van der Waals surface area contributed by atoms with Crippen molar-refractivity contribution in [1.29, 1.82) is 0 Å². The van der Waals surface area contributed by atoms with E-state index in [1.165, 1.54) is 32.1 Å². The first-order valence-electron chi connectivity index (χ1n) is 7.35. The average Bonchev–Trinajstić information content (AvgIpc) is 2.48. The standard InChI is InChI=1S/C16H25NO2/c1-19-15-9-7-14(8-10-15)17-16(11-12-18)13-5-3-2-4-6-13/h7-10,13,16-18H,2-6,11-12H2,1H3. The van der Waals surface area contributed by atoms with Crippen LogP contribution in [0.5, 0.6) is 5.75 Å². The minimum absolute atomic E-state index is 0.254. The molecule has 0 spiro atoms. The summed E-state index contributed by atoms with van der Waals surface area (Å²) in [5, 5.41) is 12.9. The molecule has 3 heteroatoms. The zero-order valence-electron chi connectivity index (χ0n) is 11.8. The molecule has 0 bridgehead atoms. The van der Waals surface area contributed by atoms with Crippen molar-refractivity contribution in [3.05, 3.63) is 24.3 Å². The monoisotopic (exact) mass is 263 g/mol. The van der Waals surface area contributed by atoms with Crippen LogP contribution in [0.3, 0.4) is 0 Å². The van der Waals surface area contributed by atoms with E-state index in [1.807, 2.05) is 24.3 Å². The van der Waals surface area contributed by atoms with Gasteiger partial charge in [-0.25, -0.2) is 0 Å². The number of ether oxygens (including phenoxy) is 1. The lowest BCUT2D eigenvalue weighted by molar-refractivity contribution is 0.239. The van der Waals surface area contributed by atoms with Crippen molar-refractivity contribution in [1.82, 2.24) is 0 Å². The van der Waals surface area contributed by atoms with Gasteiger partial charge in [-0.05, 0) is 49.4 Å². The number of methoxy groups -OCH3 is 1. The number of aliphatic hydroxyl groups excluding tert-OH is 1. The van der Waals surface area contributed by atoms with Gasteiger partial charge in [0.1, 0.15) is 5.75 Å². The van der Waals surface area contributed by atoms with Gasteiger partial charge in [0.2, 0.25) is 0 Å². The molecule has 0 radical (unpaired) electrons. The van der Waals surface area contributed by atoms with E-state index in [0.29, 0.717) is 12.0 Å². The number of benzene rings is 1. The van der Waals surface area contributed by atoms with Crippen LogP contribution in [0, 0.1) is 5.92 Å². The molecule has 0 saturated heterocycles. The van der Waals surface area contributed by atoms with E-state index >= 15 is 0 Å². The van der Waals surface area contributed by atoms with Gasteiger partial charge in [-0.1, -0.05) is 19.3 Å². The molecular weight excluding hydrogens is 238 g/mol. The summed E-state index contributed by atoms with van der Waals surface area (Å²) in [6.45, 7) is 0.254. The first-order valence-corrected chi connectivity index (χ1v) is 7.35. The van der Waals surface area contributed by atoms with Gasteiger partial charge in [0, 0.05) is 18.3 Å². The van der Waals surface area contributed by atoms with Gasteiger partial charge in [-0.3, -0.25) is 0 Å². The minimum Gasteiger partial charge on any atom is -0.497 e.